The number of carbonyl (C=O) groups excluding carboxylic acids is 3. The minimum Gasteiger partial charge on any atom is -0.495 e. The number of Topliss-reactive ketones (excluding diaryl/α,β-unsaturated/α-hetero) is 1. The van der Waals surface area contributed by atoms with Crippen molar-refractivity contribution in [3.8, 4) is 5.75 Å². The number of nitrogens with one attached hydrogen (secondary N) is 1. The Hall–Kier alpha value is -3.28. The molecule has 0 aliphatic carbocycles. The molecule has 1 unspecified atom stereocenters. The fourth-order valence-corrected chi connectivity index (χ4v) is 4.96. The monoisotopic (exact) mass is 490 g/mol. The number of hydrogen-bond acceptors (Lipinski definition) is 8. The standard InChI is InChI=1S/C23H26N2O8S/c1-15(22(27)17-4-7-19(8-5-17)24-16(2)26)33-23(28)18-6-9-20(31-3)21(14-18)34(29,30)25-10-12-32-13-11-25/h4-9,14-15H,10-13H2,1-3H3,(H,24,26). The molecule has 0 saturated carbocycles. The van der Waals surface area contributed by atoms with Crippen LogP contribution in [0.5, 0.6) is 5.75 Å². The van der Waals surface area contributed by atoms with Crippen LogP contribution in [0.3, 0.4) is 0 Å². The molecule has 1 fully saturated rings. The molecule has 0 spiro atoms. The molecule has 182 valence electrons. The number of anilines is 1. The van der Waals surface area contributed by atoms with Crippen LogP contribution < -0.4 is 10.1 Å². The fraction of sp³-hybridized carbons (Fsp3) is 0.348. The van der Waals surface area contributed by atoms with E-state index in [4.69, 9.17) is 14.2 Å². The number of hydrogen-bond donors (Lipinski definition) is 1. The van der Waals surface area contributed by atoms with Gasteiger partial charge in [-0.15, -0.1) is 0 Å². The maximum atomic E-state index is 13.1. The van der Waals surface area contributed by atoms with Crippen molar-refractivity contribution in [2.45, 2.75) is 24.8 Å². The number of ketones is 1. The van der Waals surface area contributed by atoms with Gasteiger partial charge in [-0.3, -0.25) is 9.59 Å². The minimum absolute atomic E-state index is 0.0340. The first-order valence-electron chi connectivity index (χ1n) is 10.5. The smallest absolute Gasteiger partial charge is 0.338 e. The van der Waals surface area contributed by atoms with Crippen LogP contribution in [-0.2, 0) is 24.3 Å². The summed E-state index contributed by atoms with van der Waals surface area (Å²) in [5.41, 5.74) is 0.786. The Morgan fingerprint density at radius 2 is 1.65 bits per heavy atom. The molecule has 1 amide bonds. The van der Waals surface area contributed by atoms with Gasteiger partial charge in [0, 0.05) is 31.3 Å². The molecule has 1 aliphatic rings. The summed E-state index contributed by atoms with van der Waals surface area (Å²) in [5, 5.41) is 2.60. The predicted octanol–water partition coefficient (Wildman–Crippen LogP) is 2.10. The van der Waals surface area contributed by atoms with Gasteiger partial charge in [-0.1, -0.05) is 0 Å². The molecule has 0 radical (unpaired) electrons. The zero-order chi connectivity index (χ0) is 24.9. The molecule has 10 nitrogen and oxygen atoms in total. The average molecular weight is 491 g/mol. The molecule has 1 N–H and O–H groups in total. The summed E-state index contributed by atoms with van der Waals surface area (Å²) in [5.74, 6) is -1.45. The maximum Gasteiger partial charge on any atom is 0.338 e. The van der Waals surface area contributed by atoms with Gasteiger partial charge < -0.3 is 19.5 Å². The molecule has 0 aromatic heterocycles. The summed E-state index contributed by atoms with van der Waals surface area (Å²) in [4.78, 5) is 36.4. The number of ether oxygens (including phenoxy) is 3. The van der Waals surface area contributed by atoms with Crippen LogP contribution in [0.1, 0.15) is 34.6 Å². The molecular formula is C23H26N2O8S. The minimum atomic E-state index is -3.94. The first kappa shape index (κ1) is 25.3. The number of methoxy groups -OCH3 is 1. The van der Waals surface area contributed by atoms with Crippen LogP contribution in [0.15, 0.2) is 47.4 Å². The van der Waals surface area contributed by atoms with Crippen LogP contribution in [0.25, 0.3) is 0 Å². The Kier molecular flexibility index (Phi) is 8.02. The number of morpholine rings is 1. The van der Waals surface area contributed by atoms with E-state index in [0.717, 1.165) is 0 Å². The highest BCUT2D eigenvalue weighted by Crippen LogP contribution is 2.29. The maximum absolute atomic E-state index is 13.1. The average Bonchev–Trinajstić information content (AvgIpc) is 2.83. The molecule has 1 atom stereocenters. The number of benzene rings is 2. The third kappa shape index (κ3) is 5.79. The van der Waals surface area contributed by atoms with Gasteiger partial charge in [0.25, 0.3) is 0 Å². The molecule has 1 heterocycles. The summed E-state index contributed by atoms with van der Waals surface area (Å²) in [7, 11) is -2.60. The highest BCUT2D eigenvalue weighted by molar-refractivity contribution is 7.89. The molecule has 1 aliphatic heterocycles. The van der Waals surface area contributed by atoms with E-state index in [1.165, 1.54) is 55.6 Å². The summed E-state index contributed by atoms with van der Waals surface area (Å²) < 4.78 is 43.2. The van der Waals surface area contributed by atoms with Gasteiger partial charge in [-0.25, -0.2) is 13.2 Å². The molecule has 34 heavy (non-hydrogen) atoms. The van der Waals surface area contributed by atoms with Crippen LogP contribution in [0, 0.1) is 0 Å². The van der Waals surface area contributed by atoms with E-state index in [9.17, 15) is 22.8 Å². The quantitative estimate of drug-likeness (QED) is 0.440. The Morgan fingerprint density at radius 1 is 1.03 bits per heavy atom. The van der Waals surface area contributed by atoms with Crippen molar-refractivity contribution >= 4 is 33.4 Å². The second-order valence-corrected chi connectivity index (χ2v) is 9.46. The van der Waals surface area contributed by atoms with Crippen LogP contribution in [0.2, 0.25) is 0 Å². The normalized spacial score (nSPS) is 15.3. The highest BCUT2D eigenvalue weighted by Gasteiger charge is 2.30. The van der Waals surface area contributed by atoms with Gasteiger partial charge in [-0.05, 0) is 49.4 Å². The van der Waals surface area contributed by atoms with Crippen LogP contribution in [-0.4, -0.2) is 69.9 Å². The molecule has 2 aromatic carbocycles. The summed E-state index contributed by atoms with van der Waals surface area (Å²) >= 11 is 0. The third-order valence-corrected chi connectivity index (χ3v) is 7.05. The van der Waals surface area contributed by atoms with Crippen molar-refractivity contribution in [3.05, 3.63) is 53.6 Å². The van der Waals surface area contributed by atoms with E-state index in [1.54, 1.807) is 12.1 Å². The summed E-state index contributed by atoms with van der Waals surface area (Å²) in [6.07, 6.45) is -1.12. The summed E-state index contributed by atoms with van der Waals surface area (Å²) in [6.45, 7) is 3.72. The number of amides is 1. The summed E-state index contributed by atoms with van der Waals surface area (Å²) in [6, 6.07) is 10.1. The van der Waals surface area contributed by atoms with E-state index in [2.05, 4.69) is 5.32 Å². The molecular weight excluding hydrogens is 464 g/mol. The van der Waals surface area contributed by atoms with Crippen LogP contribution >= 0.6 is 0 Å². The fourth-order valence-electron chi connectivity index (χ4n) is 3.37. The van der Waals surface area contributed by atoms with Gasteiger partial charge in [0.1, 0.15) is 10.6 Å². The van der Waals surface area contributed by atoms with Gasteiger partial charge in [0.05, 0.1) is 25.9 Å². The predicted molar refractivity (Wildman–Crippen MR) is 123 cm³/mol. The Morgan fingerprint density at radius 3 is 2.24 bits per heavy atom. The lowest BCUT2D eigenvalue weighted by molar-refractivity contribution is -0.114. The number of carbonyl (C=O) groups is 3. The van der Waals surface area contributed by atoms with E-state index >= 15 is 0 Å². The van der Waals surface area contributed by atoms with Crippen molar-refractivity contribution in [2.75, 3.05) is 38.7 Å². The second kappa shape index (κ2) is 10.8. The van der Waals surface area contributed by atoms with E-state index < -0.39 is 27.9 Å². The molecule has 0 bridgehead atoms. The van der Waals surface area contributed by atoms with E-state index in [-0.39, 0.29) is 48.4 Å². The van der Waals surface area contributed by atoms with Crippen LogP contribution in [0.4, 0.5) is 5.69 Å². The Labute approximate surface area is 197 Å². The SMILES string of the molecule is COc1ccc(C(=O)OC(C)C(=O)c2ccc(NC(C)=O)cc2)cc1S(=O)(=O)N1CCOCC1. The zero-order valence-electron chi connectivity index (χ0n) is 19.1. The van der Waals surface area contributed by atoms with Crippen molar-refractivity contribution < 1.29 is 37.0 Å². The van der Waals surface area contributed by atoms with Crippen molar-refractivity contribution in [1.29, 1.82) is 0 Å². The molecule has 2 aromatic rings. The Bertz CT molecular complexity index is 1170. The molecule has 3 rings (SSSR count). The number of rotatable bonds is 8. The molecule has 1 saturated heterocycles. The molecule has 11 heteroatoms. The zero-order valence-corrected chi connectivity index (χ0v) is 19.9. The highest BCUT2D eigenvalue weighted by atomic mass is 32.2. The lowest BCUT2D eigenvalue weighted by Crippen LogP contribution is -2.40. The first-order valence-corrected chi connectivity index (χ1v) is 12.0. The number of esters is 1. The van der Waals surface area contributed by atoms with Gasteiger partial charge in [-0.2, -0.15) is 4.31 Å². The number of sulfonamides is 1. The van der Waals surface area contributed by atoms with Crippen molar-refractivity contribution in [1.82, 2.24) is 4.31 Å². The van der Waals surface area contributed by atoms with Gasteiger partial charge in [0.15, 0.2) is 6.10 Å². The van der Waals surface area contributed by atoms with E-state index in [0.29, 0.717) is 11.3 Å². The van der Waals surface area contributed by atoms with Crippen molar-refractivity contribution in [3.63, 3.8) is 0 Å². The lowest BCUT2D eigenvalue weighted by atomic mass is 10.1. The lowest BCUT2D eigenvalue weighted by Gasteiger charge is -2.26. The number of nitrogens with zero attached hydrogens (tertiary/aromatic N) is 1. The van der Waals surface area contributed by atoms with Crippen molar-refractivity contribution in [2.24, 2.45) is 0 Å². The van der Waals surface area contributed by atoms with Gasteiger partial charge >= 0.3 is 5.97 Å². The van der Waals surface area contributed by atoms with Gasteiger partial charge in [0.2, 0.25) is 21.7 Å². The topological polar surface area (TPSA) is 128 Å². The first-order chi connectivity index (χ1) is 16.1. The largest absolute Gasteiger partial charge is 0.495 e. The third-order valence-electron chi connectivity index (χ3n) is 5.13. The second-order valence-electron chi connectivity index (χ2n) is 7.55. The Balaban J connectivity index is 1.77. The van der Waals surface area contributed by atoms with E-state index in [1.807, 2.05) is 0 Å².